The Kier molecular flexibility index (Phi) is 14.5. The average Bonchev–Trinajstić information content (AvgIpc) is 3.00. The molecule has 6 N–H and O–H groups in total. The van der Waals surface area contributed by atoms with Crippen LogP contribution in [0.5, 0.6) is 0 Å². The first-order chi connectivity index (χ1) is 21.6. The van der Waals surface area contributed by atoms with E-state index in [1.807, 2.05) is 55.5 Å². The van der Waals surface area contributed by atoms with Gasteiger partial charge >= 0.3 is 24.1 Å². The van der Waals surface area contributed by atoms with Crippen LogP contribution < -0.4 is 21.3 Å². The summed E-state index contributed by atoms with van der Waals surface area (Å²) in [5.74, 6) is -4.78. The maximum Gasteiger partial charge on any atom is 0.490 e. The molecule has 3 rings (SSSR count). The Labute approximate surface area is 267 Å². The lowest BCUT2D eigenvalue weighted by Gasteiger charge is -2.18. The van der Waals surface area contributed by atoms with E-state index in [0.29, 0.717) is 10.6 Å². The monoisotopic (exact) mass is 664 g/mol. The number of nitrogens with one attached hydrogen (secondary N) is 4. The van der Waals surface area contributed by atoms with E-state index >= 15 is 0 Å². The highest BCUT2D eigenvalue weighted by Gasteiger charge is 2.38. The Morgan fingerprint density at radius 2 is 1.39 bits per heavy atom. The summed E-state index contributed by atoms with van der Waals surface area (Å²) in [6.45, 7) is 1.55. The Morgan fingerprint density at radius 3 is 1.96 bits per heavy atom. The van der Waals surface area contributed by atoms with Gasteiger partial charge in [0.05, 0.1) is 25.0 Å². The average molecular weight is 665 g/mol. The van der Waals surface area contributed by atoms with E-state index in [9.17, 15) is 37.5 Å². The lowest BCUT2D eigenvalue weighted by molar-refractivity contribution is -0.192. The van der Waals surface area contributed by atoms with Crippen molar-refractivity contribution < 1.29 is 47.4 Å². The molecule has 0 bridgehead atoms. The number of carbonyl (C=O) groups is 5. The van der Waals surface area contributed by atoms with E-state index < -0.39 is 42.0 Å². The standard InChI is InChI=1S/C29H31ClN4O5.C2HF3O2/c1-19(23-8-5-9-24(30)16-23)33-29(39)31-15-14-26(35)32-18-27(36)34-25(17-28(37)38)22-12-10-21(11-13-22)20-6-3-2-4-7-20;3-2(4,5)1(6)7/h2-13,16,19,25H,14-15,17-18H2,1H3,(H,32,35)(H,34,36)(H,37,38)(H2,31,33,39);(H,6,7). The summed E-state index contributed by atoms with van der Waals surface area (Å²) in [7, 11) is 0. The number of carboxylic acid groups (broad SMARTS) is 2. The second kappa shape index (κ2) is 18.0. The molecule has 0 saturated heterocycles. The number of alkyl halides is 3. The van der Waals surface area contributed by atoms with Gasteiger partial charge in [0.1, 0.15) is 0 Å². The van der Waals surface area contributed by atoms with Crippen molar-refractivity contribution in [2.45, 2.75) is 38.0 Å². The second-order valence-electron chi connectivity index (χ2n) is 9.71. The molecule has 3 aromatic carbocycles. The van der Waals surface area contributed by atoms with Gasteiger partial charge in [0.25, 0.3) is 0 Å². The van der Waals surface area contributed by atoms with Gasteiger partial charge < -0.3 is 31.5 Å². The van der Waals surface area contributed by atoms with Crippen molar-refractivity contribution in [3.63, 3.8) is 0 Å². The van der Waals surface area contributed by atoms with E-state index in [1.54, 1.807) is 30.3 Å². The summed E-state index contributed by atoms with van der Waals surface area (Å²) in [6, 6.07) is 22.7. The fourth-order valence-corrected chi connectivity index (χ4v) is 4.07. The number of aliphatic carboxylic acids is 2. The van der Waals surface area contributed by atoms with Gasteiger partial charge in [-0.05, 0) is 41.3 Å². The van der Waals surface area contributed by atoms with Crippen LogP contribution in [0.1, 0.15) is 43.0 Å². The van der Waals surface area contributed by atoms with Crippen molar-refractivity contribution in [2.75, 3.05) is 13.1 Å². The summed E-state index contributed by atoms with van der Waals surface area (Å²) < 4.78 is 31.7. The number of hydrogen-bond acceptors (Lipinski definition) is 5. The Morgan fingerprint density at radius 1 is 0.783 bits per heavy atom. The lowest BCUT2D eigenvalue weighted by atomic mass is 9.99. The minimum Gasteiger partial charge on any atom is -0.481 e. The third-order valence-corrected chi connectivity index (χ3v) is 6.39. The van der Waals surface area contributed by atoms with Gasteiger partial charge in [-0.3, -0.25) is 14.4 Å². The van der Waals surface area contributed by atoms with Crippen LogP contribution in [0.4, 0.5) is 18.0 Å². The van der Waals surface area contributed by atoms with Crippen LogP contribution in [0.15, 0.2) is 78.9 Å². The largest absolute Gasteiger partial charge is 0.490 e. The van der Waals surface area contributed by atoms with Crippen molar-refractivity contribution in [2.24, 2.45) is 0 Å². The highest BCUT2D eigenvalue weighted by molar-refractivity contribution is 6.30. The van der Waals surface area contributed by atoms with E-state index in [1.165, 1.54) is 0 Å². The highest BCUT2D eigenvalue weighted by atomic mass is 35.5. The number of halogens is 4. The van der Waals surface area contributed by atoms with Crippen LogP contribution in [-0.2, 0) is 19.2 Å². The molecule has 0 aromatic heterocycles. The van der Waals surface area contributed by atoms with Gasteiger partial charge in [0, 0.05) is 18.0 Å². The van der Waals surface area contributed by atoms with Crippen molar-refractivity contribution in [3.8, 4) is 11.1 Å². The zero-order valence-corrected chi connectivity index (χ0v) is 25.2. The van der Waals surface area contributed by atoms with Crippen molar-refractivity contribution in [1.82, 2.24) is 21.3 Å². The fourth-order valence-electron chi connectivity index (χ4n) is 3.87. The summed E-state index contributed by atoms with van der Waals surface area (Å²) in [5.41, 5.74) is 3.47. The quantitative estimate of drug-likeness (QED) is 0.161. The molecule has 3 aromatic rings. The maximum absolute atomic E-state index is 12.5. The number of urea groups is 1. The molecule has 0 aliphatic heterocycles. The van der Waals surface area contributed by atoms with Crippen molar-refractivity contribution >= 4 is 41.4 Å². The topological polar surface area (TPSA) is 174 Å². The first kappa shape index (κ1) is 37.1. The SMILES string of the molecule is CC(NC(=O)NCCC(=O)NCC(=O)NC(CC(=O)O)c1ccc(-c2ccccc2)cc1)c1cccc(Cl)c1.O=C(O)C(F)(F)F. The number of hydrogen-bond donors (Lipinski definition) is 6. The predicted octanol–water partition coefficient (Wildman–Crippen LogP) is 4.84. The molecule has 2 unspecified atom stereocenters. The van der Waals surface area contributed by atoms with Gasteiger partial charge in [0.15, 0.2) is 0 Å². The maximum atomic E-state index is 12.5. The highest BCUT2D eigenvalue weighted by Crippen LogP contribution is 2.23. The summed E-state index contributed by atoms with van der Waals surface area (Å²) in [6.07, 6.45) is -5.43. The smallest absolute Gasteiger partial charge is 0.481 e. The molecule has 11 nitrogen and oxygen atoms in total. The van der Waals surface area contributed by atoms with Crippen LogP contribution in [0.2, 0.25) is 5.02 Å². The number of rotatable bonds is 12. The van der Waals surface area contributed by atoms with Gasteiger partial charge in [-0.2, -0.15) is 13.2 Å². The normalized spacial score (nSPS) is 11.9. The first-order valence-corrected chi connectivity index (χ1v) is 14.1. The van der Waals surface area contributed by atoms with Gasteiger partial charge in [0.2, 0.25) is 11.8 Å². The zero-order valence-electron chi connectivity index (χ0n) is 24.4. The molecule has 0 heterocycles. The lowest BCUT2D eigenvalue weighted by Crippen LogP contribution is -2.41. The third kappa shape index (κ3) is 13.7. The molecule has 0 radical (unpaired) electrons. The number of amides is 4. The van der Waals surface area contributed by atoms with Gasteiger partial charge in [-0.15, -0.1) is 0 Å². The fraction of sp³-hybridized carbons (Fsp3) is 0.258. The molecule has 4 amide bonds. The van der Waals surface area contributed by atoms with Crippen molar-refractivity contribution in [3.05, 3.63) is 95.0 Å². The van der Waals surface area contributed by atoms with Gasteiger partial charge in [-0.25, -0.2) is 9.59 Å². The van der Waals surface area contributed by atoms with E-state index in [4.69, 9.17) is 21.5 Å². The molecule has 0 fully saturated rings. The van der Waals surface area contributed by atoms with Crippen LogP contribution in [0.3, 0.4) is 0 Å². The minimum atomic E-state index is -5.08. The molecule has 246 valence electrons. The minimum absolute atomic E-state index is 0.0360. The van der Waals surface area contributed by atoms with Crippen LogP contribution in [0, 0.1) is 0 Å². The molecule has 0 aliphatic rings. The van der Waals surface area contributed by atoms with E-state index in [-0.39, 0.29) is 32.0 Å². The van der Waals surface area contributed by atoms with E-state index in [0.717, 1.165) is 16.7 Å². The zero-order chi connectivity index (χ0) is 34.3. The Bertz CT molecular complexity index is 1490. The molecular weight excluding hydrogens is 633 g/mol. The van der Waals surface area contributed by atoms with Crippen LogP contribution in [-0.4, -0.2) is 59.3 Å². The molecule has 46 heavy (non-hydrogen) atoms. The summed E-state index contributed by atoms with van der Waals surface area (Å²) >= 11 is 5.98. The molecular formula is C31H32ClF3N4O7. The summed E-state index contributed by atoms with van der Waals surface area (Å²) in [5, 5.41) is 27.5. The van der Waals surface area contributed by atoms with E-state index in [2.05, 4.69) is 21.3 Å². The number of carbonyl (C=O) groups excluding carboxylic acids is 3. The Hall–Kier alpha value is -5.11. The predicted molar refractivity (Wildman–Crippen MR) is 163 cm³/mol. The molecule has 0 spiro atoms. The molecule has 0 saturated carbocycles. The molecule has 2 atom stereocenters. The first-order valence-electron chi connectivity index (χ1n) is 13.7. The number of benzene rings is 3. The Balaban J connectivity index is 0.000000942. The molecule has 0 aliphatic carbocycles. The third-order valence-electron chi connectivity index (χ3n) is 6.16. The van der Waals surface area contributed by atoms with Gasteiger partial charge in [-0.1, -0.05) is 78.3 Å². The second-order valence-corrected chi connectivity index (χ2v) is 10.1. The van der Waals surface area contributed by atoms with Crippen LogP contribution >= 0.6 is 11.6 Å². The van der Waals surface area contributed by atoms with Crippen LogP contribution in [0.25, 0.3) is 11.1 Å². The molecule has 15 heteroatoms. The number of carboxylic acids is 2. The summed E-state index contributed by atoms with van der Waals surface area (Å²) in [4.78, 5) is 57.0. The van der Waals surface area contributed by atoms with Crippen molar-refractivity contribution in [1.29, 1.82) is 0 Å².